The van der Waals surface area contributed by atoms with E-state index in [1.54, 1.807) is 0 Å². The van der Waals surface area contributed by atoms with Crippen LogP contribution >= 0.6 is 0 Å². The average Bonchev–Trinajstić information content (AvgIpc) is 2.96. The summed E-state index contributed by atoms with van der Waals surface area (Å²) in [6, 6.07) is 8.14. The number of guanidine groups is 1. The van der Waals surface area contributed by atoms with Crippen molar-refractivity contribution in [2.45, 2.75) is 39.0 Å². The van der Waals surface area contributed by atoms with Gasteiger partial charge in [0.05, 0.1) is 11.0 Å². The minimum absolute atomic E-state index is 0.890. The number of aliphatic imine (C=N–C) groups is 1. The number of aromatic amines is 1. The molecule has 5 heteroatoms. The first-order valence-electron chi connectivity index (χ1n) is 8.21. The molecule has 1 aromatic heterocycles. The minimum Gasteiger partial charge on any atom is -0.356 e. The molecule has 0 atom stereocenters. The summed E-state index contributed by atoms with van der Waals surface area (Å²) in [5.41, 5.74) is 2.15. The lowest BCUT2D eigenvalue weighted by atomic mass is 10.2. The summed E-state index contributed by atoms with van der Waals surface area (Å²) in [6.45, 7) is 4.09. The Bertz CT molecular complexity index is 555. The van der Waals surface area contributed by atoms with Crippen LogP contribution in [-0.4, -0.2) is 36.1 Å². The first kappa shape index (κ1) is 16.3. The summed E-state index contributed by atoms with van der Waals surface area (Å²) in [5.74, 6) is 1.94. The SMILES string of the molecule is CCCCCNC(=NC)NCCCc1nc2ccccc2[nH]1. The fourth-order valence-electron chi connectivity index (χ4n) is 2.39. The number of para-hydroxylation sites is 2. The Morgan fingerprint density at radius 1 is 1.14 bits per heavy atom. The van der Waals surface area contributed by atoms with Crippen LogP contribution in [0.5, 0.6) is 0 Å². The van der Waals surface area contributed by atoms with Crippen molar-refractivity contribution in [3.05, 3.63) is 30.1 Å². The van der Waals surface area contributed by atoms with Gasteiger partial charge < -0.3 is 15.6 Å². The van der Waals surface area contributed by atoms with E-state index in [1.807, 2.05) is 25.2 Å². The number of nitrogens with one attached hydrogen (secondary N) is 3. The summed E-state index contributed by atoms with van der Waals surface area (Å²) in [6.07, 6.45) is 5.65. The van der Waals surface area contributed by atoms with Crippen LogP contribution < -0.4 is 10.6 Å². The third-order valence-electron chi connectivity index (χ3n) is 3.62. The number of benzene rings is 1. The van der Waals surface area contributed by atoms with Crippen molar-refractivity contribution in [1.82, 2.24) is 20.6 Å². The molecular weight excluding hydrogens is 274 g/mol. The minimum atomic E-state index is 0.890. The molecule has 120 valence electrons. The topological polar surface area (TPSA) is 65.1 Å². The van der Waals surface area contributed by atoms with Gasteiger partial charge in [0, 0.05) is 26.6 Å². The fourth-order valence-corrected chi connectivity index (χ4v) is 2.39. The molecule has 3 N–H and O–H groups in total. The monoisotopic (exact) mass is 301 g/mol. The van der Waals surface area contributed by atoms with Gasteiger partial charge in [-0.05, 0) is 25.0 Å². The maximum absolute atomic E-state index is 4.59. The van der Waals surface area contributed by atoms with Crippen LogP contribution in [0.15, 0.2) is 29.3 Å². The standard InChI is InChI=1S/C17H27N5/c1-3-4-7-12-19-17(18-2)20-13-8-11-16-21-14-9-5-6-10-15(14)22-16/h5-6,9-10H,3-4,7-8,11-13H2,1-2H3,(H,21,22)(H2,18,19,20). The van der Waals surface area contributed by atoms with Crippen molar-refractivity contribution in [2.24, 2.45) is 4.99 Å². The van der Waals surface area contributed by atoms with Gasteiger partial charge in [0.1, 0.15) is 5.82 Å². The van der Waals surface area contributed by atoms with Crippen molar-refractivity contribution in [1.29, 1.82) is 0 Å². The lowest BCUT2D eigenvalue weighted by molar-refractivity contribution is 0.674. The summed E-state index contributed by atoms with van der Waals surface area (Å²) in [4.78, 5) is 12.2. The number of imidazole rings is 1. The molecule has 0 saturated heterocycles. The molecule has 0 spiro atoms. The summed E-state index contributed by atoms with van der Waals surface area (Å²) < 4.78 is 0. The lowest BCUT2D eigenvalue weighted by Crippen LogP contribution is -2.38. The van der Waals surface area contributed by atoms with Gasteiger partial charge in [-0.2, -0.15) is 0 Å². The molecule has 0 bridgehead atoms. The van der Waals surface area contributed by atoms with Gasteiger partial charge >= 0.3 is 0 Å². The largest absolute Gasteiger partial charge is 0.356 e. The normalized spacial score (nSPS) is 11.8. The van der Waals surface area contributed by atoms with Gasteiger partial charge in [-0.25, -0.2) is 4.98 Å². The van der Waals surface area contributed by atoms with E-state index in [0.717, 1.165) is 48.7 Å². The first-order chi connectivity index (χ1) is 10.8. The molecule has 1 heterocycles. The van der Waals surface area contributed by atoms with Crippen molar-refractivity contribution in [3.63, 3.8) is 0 Å². The second kappa shape index (κ2) is 9.07. The van der Waals surface area contributed by atoms with Gasteiger partial charge in [-0.15, -0.1) is 0 Å². The number of hydrogen-bond acceptors (Lipinski definition) is 2. The van der Waals surface area contributed by atoms with Crippen LogP contribution in [0.4, 0.5) is 0 Å². The first-order valence-corrected chi connectivity index (χ1v) is 8.21. The number of aryl methyl sites for hydroxylation is 1. The predicted molar refractivity (Wildman–Crippen MR) is 93.3 cm³/mol. The molecule has 0 aliphatic heterocycles. The molecule has 22 heavy (non-hydrogen) atoms. The number of H-pyrrole nitrogens is 1. The number of aromatic nitrogens is 2. The highest BCUT2D eigenvalue weighted by atomic mass is 15.2. The second-order valence-corrected chi connectivity index (χ2v) is 5.44. The molecule has 1 aromatic carbocycles. The van der Waals surface area contributed by atoms with E-state index in [2.05, 4.69) is 38.6 Å². The smallest absolute Gasteiger partial charge is 0.190 e. The van der Waals surface area contributed by atoms with E-state index in [0.29, 0.717) is 0 Å². The molecule has 0 radical (unpaired) electrons. The number of unbranched alkanes of at least 4 members (excludes halogenated alkanes) is 2. The van der Waals surface area contributed by atoms with Crippen molar-refractivity contribution < 1.29 is 0 Å². The van der Waals surface area contributed by atoms with E-state index in [9.17, 15) is 0 Å². The summed E-state index contributed by atoms with van der Waals surface area (Å²) in [5, 5.41) is 6.69. The highest BCUT2D eigenvalue weighted by molar-refractivity contribution is 5.79. The fraction of sp³-hybridized carbons (Fsp3) is 0.529. The Labute approximate surface area is 132 Å². The third kappa shape index (κ3) is 5.06. The van der Waals surface area contributed by atoms with E-state index >= 15 is 0 Å². The summed E-state index contributed by atoms with van der Waals surface area (Å²) >= 11 is 0. The lowest BCUT2D eigenvalue weighted by Gasteiger charge is -2.11. The van der Waals surface area contributed by atoms with Crippen LogP contribution in [0, 0.1) is 0 Å². The molecule has 0 aliphatic carbocycles. The zero-order chi connectivity index (χ0) is 15.6. The predicted octanol–water partition coefficient (Wildman–Crippen LogP) is 2.85. The maximum Gasteiger partial charge on any atom is 0.190 e. The maximum atomic E-state index is 4.59. The number of rotatable bonds is 8. The number of hydrogen-bond donors (Lipinski definition) is 3. The van der Waals surface area contributed by atoms with Crippen molar-refractivity contribution in [3.8, 4) is 0 Å². The molecule has 0 amide bonds. The summed E-state index contributed by atoms with van der Waals surface area (Å²) in [7, 11) is 1.81. The Morgan fingerprint density at radius 2 is 1.91 bits per heavy atom. The molecule has 0 saturated carbocycles. The van der Waals surface area contributed by atoms with E-state index < -0.39 is 0 Å². The van der Waals surface area contributed by atoms with E-state index in [4.69, 9.17) is 0 Å². The van der Waals surface area contributed by atoms with Crippen LogP contribution in [0.25, 0.3) is 11.0 Å². The average molecular weight is 301 g/mol. The molecule has 2 aromatic rings. The quantitative estimate of drug-likeness (QED) is 0.399. The van der Waals surface area contributed by atoms with Crippen molar-refractivity contribution in [2.75, 3.05) is 20.1 Å². The van der Waals surface area contributed by atoms with Crippen LogP contribution in [0.2, 0.25) is 0 Å². The van der Waals surface area contributed by atoms with Gasteiger partial charge in [0.2, 0.25) is 0 Å². The highest BCUT2D eigenvalue weighted by Crippen LogP contribution is 2.10. The van der Waals surface area contributed by atoms with Crippen molar-refractivity contribution >= 4 is 17.0 Å². The van der Waals surface area contributed by atoms with Gasteiger partial charge in [0.25, 0.3) is 0 Å². The van der Waals surface area contributed by atoms with Gasteiger partial charge in [0.15, 0.2) is 5.96 Å². The van der Waals surface area contributed by atoms with Crippen LogP contribution in [0.3, 0.4) is 0 Å². The third-order valence-corrected chi connectivity index (χ3v) is 3.62. The van der Waals surface area contributed by atoms with E-state index in [-0.39, 0.29) is 0 Å². The van der Waals surface area contributed by atoms with Gasteiger partial charge in [-0.3, -0.25) is 4.99 Å². The van der Waals surface area contributed by atoms with Crippen LogP contribution in [0.1, 0.15) is 38.4 Å². The Hall–Kier alpha value is -2.04. The van der Waals surface area contributed by atoms with Gasteiger partial charge in [-0.1, -0.05) is 31.9 Å². The molecule has 0 unspecified atom stereocenters. The molecule has 5 nitrogen and oxygen atoms in total. The zero-order valence-electron chi connectivity index (χ0n) is 13.7. The zero-order valence-corrected chi connectivity index (χ0v) is 13.7. The van der Waals surface area contributed by atoms with E-state index in [1.165, 1.54) is 19.3 Å². The molecule has 0 fully saturated rings. The Balaban J connectivity index is 1.67. The Morgan fingerprint density at radius 3 is 2.64 bits per heavy atom. The van der Waals surface area contributed by atoms with Crippen LogP contribution in [-0.2, 0) is 6.42 Å². The number of fused-ring (bicyclic) bond motifs is 1. The molecule has 0 aliphatic rings. The molecule has 2 rings (SSSR count). The second-order valence-electron chi connectivity index (χ2n) is 5.44. The number of nitrogens with zero attached hydrogens (tertiary/aromatic N) is 2. The molecular formula is C17H27N5. The Kier molecular flexibility index (Phi) is 6.74. The highest BCUT2D eigenvalue weighted by Gasteiger charge is 2.02.